The number of carbonyl (C=O) groups excluding carboxylic acids is 3. The molecule has 0 fully saturated rings. The van der Waals surface area contributed by atoms with Crippen LogP contribution in [0.15, 0.2) is 53.2 Å². The number of thiophene rings is 2. The Balaban J connectivity index is 1.94. The molecule has 29 heavy (non-hydrogen) atoms. The van der Waals surface area contributed by atoms with Crippen LogP contribution in [-0.4, -0.2) is 24.5 Å². The van der Waals surface area contributed by atoms with Crippen LogP contribution < -0.4 is 5.32 Å². The van der Waals surface area contributed by atoms with Gasteiger partial charge in [0.2, 0.25) is 6.10 Å². The lowest BCUT2D eigenvalue weighted by Gasteiger charge is -2.17. The van der Waals surface area contributed by atoms with E-state index in [2.05, 4.69) is 5.32 Å². The van der Waals surface area contributed by atoms with Gasteiger partial charge in [0.05, 0.1) is 6.61 Å². The Kier molecular flexibility index (Phi) is 6.79. The van der Waals surface area contributed by atoms with Crippen molar-refractivity contribution >= 4 is 45.5 Å². The van der Waals surface area contributed by atoms with Gasteiger partial charge in [-0.3, -0.25) is 9.59 Å². The minimum absolute atomic E-state index is 0.214. The number of ether oxygens (including phenoxy) is 2. The standard InChI is InChI=1S/C21H19NO5S2/c1-3-26-21(25)17-15(16-10-7-11-28-16)12-29-20(17)22-19(24)18(27-13(2)23)14-8-5-4-6-9-14/h4-12,18H,3H2,1-2H3,(H,22,24)/t18-/m0/s1. The number of anilines is 1. The Morgan fingerprint density at radius 3 is 2.45 bits per heavy atom. The fourth-order valence-electron chi connectivity index (χ4n) is 2.71. The van der Waals surface area contributed by atoms with Gasteiger partial charge >= 0.3 is 11.9 Å². The first-order valence-electron chi connectivity index (χ1n) is 8.86. The zero-order chi connectivity index (χ0) is 20.8. The van der Waals surface area contributed by atoms with E-state index in [1.807, 2.05) is 17.5 Å². The fourth-order valence-corrected chi connectivity index (χ4v) is 4.49. The molecule has 0 saturated carbocycles. The Morgan fingerprint density at radius 2 is 1.83 bits per heavy atom. The number of nitrogens with one attached hydrogen (secondary N) is 1. The van der Waals surface area contributed by atoms with Crippen LogP contribution in [-0.2, 0) is 19.1 Å². The molecule has 1 N–H and O–H groups in total. The van der Waals surface area contributed by atoms with Gasteiger partial charge in [0.15, 0.2) is 0 Å². The lowest BCUT2D eigenvalue weighted by Crippen LogP contribution is -2.25. The third kappa shape index (κ3) is 4.90. The second kappa shape index (κ2) is 9.49. The van der Waals surface area contributed by atoms with E-state index in [1.165, 1.54) is 29.6 Å². The van der Waals surface area contributed by atoms with Crippen molar-refractivity contribution in [3.63, 3.8) is 0 Å². The maximum atomic E-state index is 12.9. The van der Waals surface area contributed by atoms with Gasteiger partial charge in [-0.25, -0.2) is 4.79 Å². The summed E-state index contributed by atoms with van der Waals surface area (Å²) in [5.74, 6) is -1.64. The van der Waals surface area contributed by atoms with Crippen LogP contribution in [0.4, 0.5) is 5.00 Å². The normalized spacial score (nSPS) is 11.5. The molecule has 2 heterocycles. The van der Waals surface area contributed by atoms with Crippen molar-refractivity contribution in [3.8, 4) is 10.4 Å². The van der Waals surface area contributed by atoms with Crippen molar-refractivity contribution in [2.24, 2.45) is 0 Å². The minimum atomic E-state index is -1.13. The molecule has 150 valence electrons. The molecule has 1 amide bonds. The summed E-state index contributed by atoms with van der Waals surface area (Å²) in [5.41, 5.74) is 1.53. The van der Waals surface area contributed by atoms with Crippen LogP contribution in [0, 0.1) is 0 Å². The SMILES string of the molecule is CCOC(=O)c1c(-c2cccs2)csc1NC(=O)[C@@H](OC(C)=O)c1ccccc1. The summed E-state index contributed by atoms with van der Waals surface area (Å²) in [6.45, 7) is 3.18. The highest BCUT2D eigenvalue weighted by atomic mass is 32.1. The third-order valence-corrected chi connectivity index (χ3v) is 5.72. The summed E-state index contributed by atoms with van der Waals surface area (Å²) in [5, 5.41) is 6.81. The van der Waals surface area contributed by atoms with E-state index in [-0.39, 0.29) is 6.61 Å². The first-order chi connectivity index (χ1) is 14.0. The molecule has 3 rings (SSSR count). The number of rotatable bonds is 7. The summed E-state index contributed by atoms with van der Waals surface area (Å²) in [4.78, 5) is 38.0. The van der Waals surface area contributed by atoms with Gasteiger partial charge in [-0.1, -0.05) is 36.4 Å². The predicted molar refractivity (Wildman–Crippen MR) is 113 cm³/mol. The number of esters is 2. The highest BCUT2D eigenvalue weighted by Crippen LogP contribution is 2.38. The van der Waals surface area contributed by atoms with E-state index in [0.717, 1.165) is 4.88 Å². The Morgan fingerprint density at radius 1 is 1.07 bits per heavy atom. The first kappa shape index (κ1) is 20.8. The number of carbonyl (C=O) groups is 3. The van der Waals surface area contributed by atoms with Crippen LogP contribution >= 0.6 is 22.7 Å². The average molecular weight is 430 g/mol. The van der Waals surface area contributed by atoms with E-state index in [4.69, 9.17) is 9.47 Å². The Bertz CT molecular complexity index is 996. The van der Waals surface area contributed by atoms with Gasteiger partial charge in [0.1, 0.15) is 10.6 Å². The maximum absolute atomic E-state index is 12.9. The first-order valence-corrected chi connectivity index (χ1v) is 10.6. The number of amides is 1. The third-order valence-electron chi connectivity index (χ3n) is 3.92. The molecule has 0 radical (unpaired) electrons. The molecule has 0 bridgehead atoms. The summed E-state index contributed by atoms with van der Waals surface area (Å²) < 4.78 is 10.4. The van der Waals surface area contributed by atoms with Crippen molar-refractivity contribution in [2.75, 3.05) is 11.9 Å². The van der Waals surface area contributed by atoms with Crippen molar-refractivity contribution in [1.82, 2.24) is 0 Å². The van der Waals surface area contributed by atoms with Crippen LogP contribution in [0.25, 0.3) is 10.4 Å². The molecule has 2 aromatic heterocycles. The van der Waals surface area contributed by atoms with Crippen molar-refractivity contribution in [2.45, 2.75) is 20.0 Å². The molecule has 0 saturated heterocycles. The summed E-state index contributed by atoms with van der Waals surface area (Å²) in [7, 11) is 0. The molecule has 1 aromatic carbocycles. The van der Waals surface area contributed by atoms with Crippen molar-refractivity contribution < 1.29 is 23.9 Å². The number of hydrogen-bond acceptors (Lipinski definition) is 7. The molecule has 0 aliphatic rings. The Labute approximate surface area is 176 Å². The fraction of sp³-hybridized carbons (Fsp3) is 0.190. The van der Waals surface area contributed by atoms with E-state index in [1.54, 1.807) is 42.6 Å². The van der Waals surface area contributed by atoms with Crippen molar-refractivity contribution in [3.05, 3.63) is 64.4 Å². The molecule has 6 nitrogen and oxygen atoms in total. The molecular weight excluding hydrogens is 410 g/mol. The van der Waals surface area contributed by atoms with Crippen LogP contribution in [0.5, 0.6) is 0 Å². The van der Waals surface area contributed by atoms with Gasteiger partial charge in [-0.15, -0.1) is 22.7 Å². The molecule has 0 aliphatic heterocycles. The lowest BCUT2D eigenvalue weighted by molar-refractivity contribution is -0.152. The largest absolute Gasteiger partial charge is 0.462 e. The van der Waals surface area contributed by atoms with E-state index < -0.39 is 23.9 Å². The number of benzene rings is 1. The van der Waals surface area contributed by atoms with E-state index >= 15 is 0 Å². The molecule has 0 unspecified atom stereocenters. The Hall–Kier alpha value is -2.97. The van der Waals surface area contributed by atoms with Crippen molar-refractivity contribution in [1.29, 1.82) is 0 Å². The smallest absolute Gasteiger partial charge is 0.341 e. The van der Waals surface area contributed by atoms with Gasteiger partial charge in [-0.2, -0.15) is 0 Å². The molecule has 3 aromatic rings. The van der Waals surface area contributed by atoms with Crippen LogP contribution in [0.2, 0.25) is 0 Å². The topological polar surface area (TPSA) is 81.7 Å². The van der Waals surface area contributed by atoms with Gasteiger partial charge < -0.3 is 14.8 Å². The summed E-state index contributed by atoms with van der Waals surface area (Å²) in [6, 6.07) is 12.5. The maximum Gasteiger partial charge on any atom is 0.341 e. The minimum Gasteiger partial charge on any atom is -0.462 e. The molecular formula is C21H19NO5S2. The highest BCUT2D eigenvalue weighted by Gasteiger charge is 2.28. The van der Waals surface area contributed by atoms with Gasteiger partial charge in [0, 0.05) is 28.3 Å². The molecule has 0 spiro atoms. The predicted octanol–water partition coefficient (Wildman–Crippen LogP) is 4.90. The quantitative estimate of drug-likeness (QED) is 0.541. The monoisotopic (exact) mass is 429 g/mol. The lowest BCUT2D eigenvalue weighted by atomic mass is 10.1. The van der Waals surface area contributed by atoms with Crippen LogP contribution in [0.1, 0.15) is 35.9 Å². The zero-order valence-electron chi connectivity index (χ0n) is 15.8. The average Bonchev–Trinajstić information content (AvgIpc) is 3.36. The van der Waals surface area contributed by atoms with Gasteiger partial charge in [-0.05, 0) is 18.4 Å². The molecule has 0 aliphatic carbocycles. The van der Waals surface area contributed by atoms with Gasteiger partial charge in [0.25, 0.3) is 5.91 Å². The second-order valence-corrected chi connectivity index (χ2v) is 7.77. The summed E-state index contributed by atoms with van der Waals surface area (Å²) >= 11 is 2.71. The number of hydrogen-bond donors (Lipinski definition) is 1. The zero-order valence-corrected chi connectivity index (χ0v) is 17.5. The second-order valence-electron chi connectivity index (χ2n) is 5.94. The van der Waals surface area contributed by atoms with Crippen LogP contribution in [0.3, 0.4) is 0 Å². The van der Waals surface area contributed by atoms with E-state index in [0.29, 0.717) is 21.7 Å². The van der Waals surface area contributed by atoms with E-state index in [9.17, 15) is 14.4 Å². The molecule has 8 heteroatoms. The molecule has 1 atom stereocenters. The highest BCUT2D eigenvalue weighted by molar-refractivity contribution is 7.17. The summed E-state index contributed by atoms with van der Waals surface area (Å²) in [6.07, 6.45) is -1.13.